The minimum absolute atomic E-state index is 0.238. The van der Waals surface area contributed by atoms with E-state index in [1.54, 1.807) is 19.1 Å². The normalized spacial score (nSPS) is 13.0. The molecule has 0 bridgehead atoms. The third-order valence-corrected chi connectivity index (χ3v) is 4.10. The average Bonchev–Trinajstić information content (AvgIpc) is 2.36. The zero-order valence-electron chi connectivity index (χ0n) is 11.3. The van der Waals surface area contributed by atoms with Crippen LogP contribution in [0, 0.1) is 5.82 Å². The van der Waals surface area contributed by atoms with Crippen molar-refractivity contribution in [3.8, 4) is 0 Å². The summed E-state index contributed by atoms with van der Waals surface area (Å²) in [7, 11) is 0. The summed E-state index contributed by atoms with van der Waals surface area (Å²) in [6.07, 6.45) is -0.628. The summed E-state index contributed by atoms with van der Waals surface area (Å²) in [6, 6.07) is 4.88. The largest absolute Gasteiger partial charge is 0.389 e. The lowest BCUT2D eigenvalue weighted by Crippen LogP contribution is -2.25. The Labute approximate surface area is 113 Å². The van der Waals surface area contributed by atoms with Crippen molar-refractivity contribution in [1.82, 2.24) is 4.90 Å². The number of benzene rings is 1. The molecule has 0 aliphatic heterocycles. The van der Waals surface area contributed by atoms with Crippen molar-refractivity contribution < 1.29 is 9.50 Å². The van der Waals surface area contributed by atoms with Gasteiger partial charge in [0.2, 0.25) is 0 Å². The molecule has 0 unspecified atom stereocenters. The molecule has 0 radical (unpaired) electrons. The first-order chi connectivity index (χ1) is 8.60. The molecule has 0 aliphatic rings. The Kier molecular flexibility index (Phi) is 6.68. The summed E-state index contributed by atoms with van der Waals surface area (Å²) in [6.45, 7) is 8.88. The third-order valence-electron chi connectivity index (χ3n) is 3.00. The highest BCUT2D eigenvalue weighted by Crippen LogP contribution is 2.30. The topological polar surface area (TPSA) is 23.5 Å². The lowest BCUT2D eigenvalue weighted by atomic mass is 10.1. The van der Waals surface area contributed by atoms with Crippen LogP contribution in [-0.2, 0) is 0 Å². The molecule has 0 heterocycles. The lowest BCUT2D eigenvalue weighted by molar-refractivity contribution is 0.195. The predicted octanol–water partition coefficient (Wildman–Crippen LogP) is 3.31. The fourth-order valence-electron chi connectivity index (χ4n) is 1.82. The molecule has 0 fully saturated rings. The van der Waals surface area contributed by atoms with Gasteiger partial charge in [-0.25, -0.2) is 4.39 Å². The number of rotatable bonds is 7. The first-order valence-electron chi connectivity index (χ1n) is 6.41. The molecule has 0 saturated carbocycles. The van der Waals surface area contributed by atoms with Crippen LogP contribution in [0.25, 0.3) is 0 Å². The molecule has 0 aromatic heterocycles. The Hall–Kier alpha value is -0.580. The van der Waals surface area contributed by atoms with E-state index in [2.05, 4.69) is 18.7 Å². The van der Waals surface area contributed by atoms with Gasteiger partial charge in [-0.1, -0.05) is 26.0 Å². The monoisotopic (exact) mass is 271 g/mol. The fraction of sp³-hybridized carbons (Fsp3) is 0.571. The molecule has 0 saturated heterocycles. The molecule has 1 aromatic rings. The number of nitrogens with zero attached hydrogens (tertiary/aromatic N) is 1. The van der Waals surface area contributed by atoms with Crippen molar-refractivity contribution in [1.29, 1.82) is 0 Å². The third kappa shape index (κ3) is 4.26. The Morgan fingerprint density at radius 1 is 1.33 bits per heavy atom. The van der Waals surface area contributed by atoms with Crippen molar-refractivity contribution >= 4 is 11.8 Å². The minimum Gasteiger partial charge on any atom is -0.389 e. The molecule has 1 atom stereocenters. The molecular weight excluding hydrogens is 249 g/mol. The van der Waals surface area contributed by atoms with Gasteiger partial charge in [-0.2, -0.15) is 0 Å². The van der Waals surface area contributed by atoms with Gasteiger partial charge in [0, 0.05) is 17.2 Å². The second-order valence-electron chi connectivity index (χ2n) is 4.21. The predicted molar refractivity (Wildman–Crippen MR) is 75.5 cm³/mol. The lowest BCUT2D eigenvalue weighted by Gasteiger charge is -2.18. The van der Waals surface area contributed by atoms with Crippen LogP contribution in [0.2, 0.25) is 0 Å². The highest BCUT2D eigenvalue weighted by Gasteiger charge is 2.13. The maximum Gasteiger partial charge on any atom is 0.137 e. The second-order valence-corrected chi connectivity index (χ2v) is 5.31. The van der Waals surface area contributed by atoms with Crippen molar-refractivity contribution in [3.63, 3.8) is 0 Å². The van der Waals surface area contributed by atoms with Crippen LogP contribution >= 0.6 is 11.8 Å². The van der Waals surface area contributed by atoms with E-state index in [0.717, 1.165) is 25.4 Å². The van der Waals surface area contributed by atoms with Gasteiger partial charge in [0.1, 0.15) is 5.82 Å². The molecule has 0 aliphatic carbocycles. The van der Waals surface area contributed by atoms with Crippen LogP contribution in [0.4, 0.5) is 4.39 Å². The quantitative estimate of drug-likeness (QED) is 0.770. The second kappa shape index (κ2) is 7.77. The Morgan fingerprint density at radius 3 is 2.56 bits per heavy atom. The van der Waals surface area contributed by atoms with E-state index >= 15 is 0 Å². The molecular formula is C14H22FNOS. The summed E-state index contributed by atoms with van der Waals surface area (Å²) >= 11 is 1.48. The molecule has 1 N–H and O–H groups in total. The van der Waals surface area contributed by atoms with Gasteiger partial charge in [-0.15, -0.1) is 11.8 Å². The van der Waals surface area contributed by atoms with Gasteiger partial charge < -0.3 is 10.0 Å². The Bertz CT molecular complexity index is 367. The van der Waals surface area contributed by atoms with Gasteiger partial charge in [0.25, 0.3) is 0 Å². The minimum atomic E-state index is -0.628. The Morgan fingerprint density at radius 2 is 2.00 bits per heavy atom. The van der Waals surface area contributed by atoms with Crippen LogP contribution in [0.5, 0.6) is 0 Å². The molecule has 2 nitrogen and oxygen atoms in total. The van der Waals surface area contributed by atoms with E-state index in [-0.39, 0.29) is 5.82 Å². The fourth-order valence-corrected chi connectivity index (χ4v) is 2.99. The highest BCUT2D eigenvalue weighted by atomic mass is 32.2. The number of hydrogen-bond donors (Lipinski definition) is 1. The first-order valence-corrected chi connectivity index (χ1v) is 7.40. The summed E-state index contributed by atoms with van der Waals surface area (Å²) in [4.78, 5) is 2.88. The summed E-state index contributed by atoms with van der Waals surface area (Å²) < 4.78 is 13.8. The van der Waals surface area contributed by atoms with Gasteiger partial charge in [0.15, 0.2) is 0 Å². The SMILES string of the molecule is CCN(CC)CCSc1c(F)cccc1[C@@H](C)O. The van der Waals surface area contributed by atoms with Gasteiger partial charge in [0.05, 0.1) is 6.10 Å². The van der Waals surface area contributed by atoms with Crippen LogP contribution in [0.1, 0.15) is 32.4 Å². The molecule has 102 valence electrons. The summed E-state index contributed by atoms with van der Waals surface area (Å²) in [5.74, 6) is 0.598. The standard InChI is InChI=1S/C14H22FNOS/c1-4-16(5-2)9-10-18-14-12(11(3)17)7-6-8-13(14)15/h6-8,11,17H,4-5,9-10H2,1-3H3/t11-/m1/s1. The van der Waals surface area contributed by atoms with Gasteiger partial charge >= 0.3 is 0 Å². The van der Waals surface area contributed by atoms with Gasteiger partial charge in [-0.3, -0.25) is 0 Å². The van der Waals surface area contributed by atoms with Crippen LogP contribution in [-0.4, -0.2) is 35.4 Å². The zero-order valence-corrected chi connectivity index (χ0v) is 12.1. The maximum absolute atomic E-state index is 13.8. The van der Waals surface area contributed by atoms with Crippen molar-refractivity contribution in [2.24, 2.45) is 0 Å². The zero-order chi connectivity index (χ0) is 13.5. The van der Waals surface area contributed by atoms with E-state index < -0.39 is 6.10 Å². The van der Waals surface area contributed by atoms with Crippen molar-refractivity contribution in [3.05, 3.63) is 29.6 Å². The smallest absolute Gasteiger partial charge is 0.137 e. The number of aliphatic hydroxyl groups excluding tert-OH is 1. The Balaban J connectivity index is 2.66. The van der Waals surface area contributed by atoms with E-state index in [9.17, 15) is 9.50 Å². The van der Waals surface area contributed by atoms with Crippen molar-refractivity contribution in [2.75, 3.05) is 25.4 Å². The average molecular weight is 271 g/mol. The molecule has 0 amide bonds. The molecule has 1 rings (SSSR count). The van der Waals surface area contributed by atoms with E-state index in [1.807, 2.05) is 0 Å². The van der Waals surface area contributed by atoms with Crippen LogP contribution in [0.15, 0.2) is 23.1 Å². The number of thioether (sulfide) groups is 1. The molecule has 0 spiro atoms. The highest BCUT2D eigenvalue weighted by molar-refractivity contribution is 7.99. The van der Waals surface area contributed by atoms with E-state index in [0.29, 0.717) is 10.5 Å². The van der Waals surface area contributed by atoms with Gasteiger partial charge in [-0.05, 0) is 31.6 Å². The summed E-state index contributed by atoms with van der Waals surface area (Å²) in [5, 5.41) is 9.64. The summed E-state index contributed by atoms with van der Waals surface area (Å²) in [5.41, 5.74) is 0.680. The van der Waals surface area contributed by atoms with Crippen molar-refractivity contribution in [2.45, 2.75) is 31.8 Å². The first kappa shape index (κ1) is 15.5. The van der Waals surface area contributed by atoms with E-state index in [1.165, 1.54) is 17.8 Å². The number of hydrogen-bond acceptors (Lipinski definition) is 3. The molecule has 1 aromatic carbocycles. The van der Waals surface area contributed by atoms with Crippen LogP contribution in [0.3, 0.4) is 0 Å². The molecule has 18 heavy (non-hydrogen) atoms. The van der Waals surface area contributed by atoms with E-state index in [4.69, 9.17) is 0 Å². The maximum atomic E-state index is 13.8. The number of aliphatic hydroxyl groups is 1. The number of halogens is 1. The molecule has 4 heteroatoms. The van der Waals surface area contributed by atoms with Crippen LogP contribution < -0.4 is 0 Å².